The van der Waals surface area contributed by atoms with Crippen molar-refractivity contribution >= 4 is 22.8 Å². The molecule has 2 unspecified atom stereocenters. The SMILES string of the molecule is COc1c(F)cccc1C(CC(O)(/C=N\c1cccc2nc(C)ncc12)C(F)(F)F)C(C)C. The van der Waals surface area contributed by atoms with Crippen LogP contribution < -0.4 is 4.74 Å². The Labute approximate surface area is 189 Å². The number of benzene rings is 2. The van der Waals surface area contributed by atoms with Crippen molar-refractivity contribution in [3.05, 3.63) is 59.8 Å². The van der Waals surface area contributed by atoms with Crippen LogP contribution in [0, 0.1) is 18.7 Å². The van der Waals surface area contributed by atoms with Crippen molar-refractivity contribution in [1.82, 2.24) is 9.97 Å². The lowest BCUT2D eigenvalue weighted by Gasteiger charge is -2.33. The molecule has 2 aromatic carbocycles. The molecule has 176 valence electrons. The van der Waals surface area contributed by atoms with Gasteiger partial charge in [-0.05, 0) is 43.4 Å². The number of aryl methyl sites for hydroxylation is 1. The van der Waals surface area contributed by atoms with Gasteiger partial charge in [-0.15, -0.1) is 0 Å². The van der Waals surface area contributed by atoms with Gasteiger partial charge >= 0.3 is 6.18 Å². The molecule has 0 aliphatic carbocycles. The molecule has 0 aliphatic rings. The molecule has 0 saturated heterocycles. The van der Waals surface area contributed by atoms with Gasteiger partial charge in [0.1, 0.15) is 5.82 Å². The van der Waals surface area contributed by atoms with E-state index in [9.17, 15) is 22.7 Å². The van der Waals surface area contributed by atoms with E-state index in [0.29, 0.717) is 22.9 Å². The molecule has 0 amide bonds. The highest BCUT2D eigenvalue weighted by Gasteiger charge is 2.54. The molecule has 0 aliphatic heterocycles. The molecular formula is C24H25F4N3O2. The molecule has 1 N–H and O–H groups in total. The topological polar surface area (TPSA) is 67.6 Å². The molecule has 0 fully saturated rings. The second-order valence-corrected chi connectivity index (χ2v) is 8.22. The summed E-state index contributed by atoms with van der Waals surface area (Å²) < 4.78 is 61.7. The quantitative estimate of drug-likeness (QED) is 0.349. The molecule has 3 aromatic rings. The van der Waals surface area contributed by atoms with Gasteiger partial charge in [-0.2, -0.15) is 13.2 Å². The maximum absolute atomic E-state index is 14.2. The van der Waals surface area contributed by atoms with Gasteiger partial charge in [0.05, 0.1) is 18.3 Å². The van der Waals surface area contributed by atoms with E-state index >= 15 is 0 Å². The van der Waals surface area contributed by atoms with E-state index < -0.39 is 29.9 Å². The predicted octanol–water partition coefficient (Wildman–Crippen LogP) is 5.91. The zero-order valence-electron chi connectivity index (χ0n) is 18.7. The van der Waals surface area contributed by atoms with Crippen molar-refractivity contribution in [3.63, 3.8) is 0 Å². The minimum atomic E-state index is -5.03. The Morgan fingerprint density at radius 1 is 1.15 bits per heavy atom. The number of nitrogens with zero attached hydrogens (tertiary/aromatic N) is 3. The van der Waals surface area contributed by atoms with Gasteiger partial charge in [0, 0.05) is 23.4 Å². The van der Waals surface area contributed by atoms with E-state index in [1.807, 2.05) is 0 Å². The molecular weight excluding hydrogens is 438 g/mol. The molecule has 3 rings (SSSR count). The summed E-state index contributed by atoms with van der Waals surface area (Å²) in [7, 11) is 1.25. The first-order valence-electron chi connectivity index (χ1n) is 10.4. The summed E-state index contributed by atoms with van der Waals surface area (Å²) in [6.45, 7) is 5.10. The van der Waals surface area contributed by atoms with Gasteiger partial charge < -0.3 is 9.84 Å². The number of aliphatic imine (C=N–C) groups is 1. The van der Waals surface area contributed by atoms with Crippen molar-refractivity contribution in [2.45, 2.75) is 44.9 Å². The minimum Gasteiger partial charge on any atom is -0.493 e. The summed E-state index contributed by atoms with van der Waals surface area (Å²) in [5, 5.41) is 11.3. The van der Waals surface area contributed by atoms with Crippen LogP contribution in [0.2, 0.25) is 0 Å². The van der Waals surface area contributed by atoms with Gasteiger partial charge in [-0.1, -0.05) is 32.0 Å². The lowest BCUT2D eigenvalue weighted by Crippen LogP contribution is -2.48. The van der Waals surface area contributed by atoms with Crippen LogP contribution in [0.4, 0.5) is 23.2 Å². The van der Waals surface area contributed by atoms with Crippen molar-refractivity contribution in [2.24, 2.45) is 10.9 Å². The Morgan fingerprint density at radius 3 is 2.48 bits per heavy atom. The first-order valence-corrected chi connectivity index (χ1v) is 10.4. The standard InChI is InChI=1S/C24H25F4N3O2/c1-14(2)17(16-7-5-8-19(25)22(16)33-4)11-23(32,24(26,27)28)13-30-20-9-6-10-21-18(20)12-29-15(3)31-21/h5-10,12-14,17,32H,11H2,1-4H3/b30-13-. The first kappa shape index (κ1) is 24.6. The maximum Gasteiger partial charge on any atom is 0.422 e. The number of aromatic nitrogens is 2. The van der Waals surface area contributed by atoms with Crippen LogP contribution in [0.3, 0.4) is 0 Å². The largest absolute Gasteiger partial charge is 0.493 e. The van der Waals surface area contributed by atoms with Gasteiger partial charge in [0.15, 0.2) is 17.2 Å². The van der Waals surface area contributed by atoms with Crippen LogP contribution in [-0.4, -0.2) is 40.2 Å². The average Bonchev–Trinajstić information content (AvgIpc) is 2.74. The van der Waals surface area contributed by atoms with Crippen LogP contribution >= 0.6 is 0 Å². The second kappa shape index (κ2) is 9.43. The van der Waals surface area contributed by atoms with Crippen LogP contribution in [-0.2, 0) is 0 Å². The highest BCUT2D eigenvalue weighted by Crippen LogP contribution is 2.43. The van der Waals surface area contributed by atoms with E-state index in [2.05, 4.69) is 15.0 Å². The van der Waals surface area contributed by atoms with E-state index in [-0.39, 0.29) is 22.9 Å². The summed E-state index contributed by atoms with van der Waals surface area (Å²) >= 11 is 0. The first-order chi connectivity index (χ1) is 15.5. The lowest BCUT2D eigenvalue weighted by atomic mass is 9.79. The normalized spacial score (nSPS) is 15.2. The number of para-hydroxylation sites is 1. The van der Waals surface area contributed by atoms with Gasteiger partial charge in [0.25, 0.3) is 0 Å². The fourth-order valence-electron chi connectivity index (χ4n) is 3.74. The number of halogens is 4. The lowest BCUT2D eigenvalue weighted by molar-refractivity contribution is -0.232. The van der Waals surface area contributed by atoms with E-state index in [4.69, 9.17) is 4.74 Å². The highest BCUT2D eigenvalue weighted by atomic mass is 19.4. The number of hydrogen-bond donors (Lipinski definition) is 1. The van der Waals surface area contributed by atoms with Crippen molar-refractivity contribution in [1.29, 1.82) is 0 Å². The fraction of sp³-hybridized carbons (Fsp3) is 0.375. The Hall–Kier alpha value is -3.07. The number of fused-ring (bicyclic) bond motifs is 1. The summed E-state index contributed by atoms with van der Waals surface area (Å²) in [5.74, 6) is -1.54. The second-order valence-electron chi connectivity index (χ2n) is 8.22. The Morgan fingerprint density at radius 2 is 1.85 bits per heavy atom. The van der Waals surface area contributed by atoms with Crippen molar-refractivity contribution in [2.75, 3.05) is 7.11 Å². The van der Waals surface area contributed by atoms with Crippen molar-refractivity contribution in [3.8, 4) is 5.75 Å². The number of methoxy groups -OCH3 is 1. The molecule has 33 heavy (non-hydrogen) atoms. The molecule has 9 heteroatoms. The third-order valence-electron chi connectivity index (χ3n) is 5.57. The van der Waals surface area contributed by atoms with Crippen LogP contribution in [0.15, 0.2) is 47.6 Å². The number of ether oxygens (including phenoxy) is 1. The zero-order chi connectivity index (χ0) is 24.4. The monoisotopic (exact) mass is 463 g/mol. The number of hydrogen-bond acceptors (Lipinski definition) is 5. The predicted molar refractivity (Wildman–Crippen MR) is 119 cm³/mol. The average molecular weight is 463 g/mol. The van der Waals surface area contributed by atoms with Gasteiger partial charge in [-0.25, -0.2) is 14.4 Å². The summed E-state index contributed by atoms with van der Waals surface area (Å²) in [6, 6.07) is 8.91. The molecule has 0 bridgehead atoms. The Balaban J connectivity index is 2.05. The zero-order valence-corrected chi connectivity index (χ0v) is 18.7. The molecule has 0 spiro atoms. The number of rotatable bonds is 7. The van der Waals surface area contributed by atoms with Gasteiger partial charge in [0.2, 0.25) is 0 Å². The summed E-state index contributed by atoms with van der Waals surface area (Å²) in [6.07, 6.45) is -3.81. The summed E-state index contributed by atoms with van der Waals surface area (Å²) in [5.41, 5.74) is -2.30. The molecule has 1 heterocycles. The highest BCUT2D eigenvalue weighted by molar-refractivity contribution is 5.91. The van der Waals surface area contributed by atoms with Crippen LogP contribution in [0.25, 0.3) is 10.9 Å². The van der Waals surface area contributed by atoms with Gasteiger partial charge in [-0.3, -0.25) is 4.99 Å². The smallest absolute Gasteiger partial charge is 0.422 e. The number of aliphatic hydroxyl groups is 1. The maximum atomic E-state index is 14.2. The molecule has 0 saturated carbocycles. The summed E-state index contributed by atoms with van der Waals surface area (Å²) in [4.78, 5) is 12.3. The number of alkyl halides is 3. The molecule has 2 atom stereocenters. The minimum absolute atomic E-state index is 0.140. The third-order valence-corrected chi connectivity index (χ3v) is 5.57. The van der Waals surface area contributed by atoms with E-state index in [1.54, 1.807) is 32.9 Å². The van der Waals surface area contributed by atoms with Crippen molar-refractivity contribution < 1.29 is 27.4 Å². The van der Waals surface area contributed by atoms with Crippen LogP contribution in [0.5, 0.6) is 5.75 Å². The Kier molecular flexibility index (Phi) is 7.02. The van der Waals surface area contributed by atoms with Crippen LogP contribution in [0.1, 0.15) is 37.6 Å². The molecule has 0 radical (unpaired) electrons. The third kappa shape index (κ3) is 5.13. The molecule has 1 aromatic heterocycles. The molecule has 5 nitrogen and oxygen atoms in total. The Bertz CT molecular complexity index is 1160. The van der Waals surface area contributed by atoms with E-state index in [1.165, 1.54) is 37.6 Å². The van der Waals surface area contributed by atoms with E-state index in [0.717, 1.165) is 0 Å². The fourth-order valence-corrected chi connectivity index (χ4v) is 3.74.